The standard InChI is InChI=1S/C16H23N3/c1-12-16(13(2)19(4)18-12)15(17-3)11-10-14-8-6-5-7-9-14/h5-9,15,17H,10-11H2,1-4H3. The fraction of sp³-hybridized carbons (Fsp3) is 0.438. The summed E-state index contributed by atoms with van der Waals surface area (Å²) in [5.41, 5.74) is 5.13. The third-order valence-corrected chi connectivity index (χ3v) is 3.83. The highest BCUT2D eigenvalue weighted by Gasteiger charge is 2.18. The van der Waals surface area contributed by atoms with Crippen LogP contribution in [0.3, 0.4) is 0 Å². The molecule has 19 heavy (non-hydrogen) atoms. The lowest BCUT2D eigenvalue weighted by molar-refractivity contribution is 0.543. The Kier molecular flexibility index (Phi) is 4.38. The summed E-state index contributed by atoms with van der Waals surface area (Å²) in [6, 6.07) is 11.0. The second kappa shape index (κ2) is 6.02. The number of aromatic nitrogens is 2. The summed E-state index contributed by atoms with van der Waals surface area (Å²) >= 11 is 0. The van der Waals surface area contributed by atoms with Crippen molar-refractivity contribution < 1.29 is 0 Å². The van der Waals surface area contributed by atoms with Gasteiger partial charge in [-0.2, -0.15) is 5.10 Å². The monoisotopic (exact) mass is 257 g/mol. The molecule has 0 spiro atoms. The molecule has 0 fully saturated rings. The van der Waals surface area contributed by atoms with Crippen molar-refractivity contribution in [2.75, 3.05) is 7.05 Å². The molecule has 0 saturated heterocycles. The smallest absolute Gasteiger partial charge is 0.0644 e. The van der Waals surface area contributed by atoms with Crippen LogP contribution in [0.5, 0.6) is 0 Å². The summed E-state index contributed by atoms with van der Waals surface area (Å²) in [6.07, 6.45) is 2.17. The first kappa shape index (κ1) is 13.8. The Hall–Kier alpha value is -1.61. The van der Waals surface area contributed by atoms with Crippen LogP contribution in [0.2, 0.25) is 0 Å². The zero-order chi connectivity index (χ0) is 13.8. The maximum absolute atomic E-state index is 4.51. The summed E-state index contributed by atoms with van der Waals surface area (Å²) in [4.78, 5) is 0. The van der Waals surface area contributed by atoms with E-state index < -0.39 is 0 Å². The molecule has 1 atom stereocenters. The first-order chi connectivity index (χ1) is 9.13. The van der Waals surface area contributed by atoms with Crippen LogP contribution in [-0.4, -0.2) is 16.8 Å². The van der Waals surface area contributed by atoms with E-state index in [1.54, 1.807) is 0 Å². The van der Waals surface area contributed by atoms with Gasteiger partial charge in [0, 0.05) is 24.3 Å². The van der Waals surface area contributed by atoms with Crippen LogP contribution >= 0.6 is 0 Å². The third kappa shape index (κ3) is 3.04. The number of hydrogen-bond donors (Lipinski definition) is 1. The van der Waals surface area contributed by atoms with E-state index in [1.165, 1.54) is 16.8 Å². The summed E-state index contributed by atoms with van der Waals surface area (Å²) in [5, 5.41) is 7.94. The maximum atomic E-state index is 4.51. The lowest BCUT2D eigenvalue weighted by Gasteiger charge is -2.17. The highest BCUT2D eigenvalue weighted by atomic mass is 15.3. The van der Waals surface area contributed by atoms with Crippen LogP contribution in [0.15, 0.2) is 30.3 Å². The van der Waals surface area contributed by atoms with Gasteiger partial charge in [0.15, 0.2) is 0 Å². The van der Waals surface area contributed by atoms with E-state index in [0.29, 0.717) is 6.04 Å². The van der Waals surface area contributed by atoms with Crippen molar-refractivity contribution >= 4 is 0 Å². The van der Waals surface area contributed by atoms with Crippen molar-refractivity contribution in [3.63, 3.8) is 0 Å². The van der Waals surface area contributed by atoms with E-state index in [1.807, 2.05) is 18.8 Å². The third-order valence-electron chi connectivity index (χ3n) is 3.83. The molecule has 0 saturated carbocycles. The predicted octanol–water partition coefficient (Wildman–Crippen LogP) is 2.93. The van der Waals surface area contributed by atoms with E-state index in [9.17, 15) is 0 Å². The first-order valence-electron chi connectivity index (χ1n) is 6.84. The van der Waals surface area contributed by atoms with Crippen molar-refractivity contribution in [1.82, 2.24) is 15.1 Å². The molecule has 1 aromatic carbocycles. The van der Waals surface area contributed by atoms with Gasteiger partial charge in [0.05, 0.1) is 5.69 Å². The van der Waals surface area contributed by atoms with Gasteiger partial charge in [0.2, 0.25) is 0 Å². The van der Waals surface area contributed by atoms with Gasteiger partial charge in [0.1, 0.15) is 0 Å². The zero-order valence-corrected chi connectivity index (χ0v) is 12.3. The lowest BCUT2D eigenvalue weighted by Crippen LogP contribution is -2.18. The van der Waals surface area contributed by atoms with Crippen LogP contribution in [0.25, 0.3) is 0 Å². The van der Waals surface area contributed by atoms with Gasteiger partial charge >= 0.3 is 0 Å². The first-order valence-corrected chi connectivity index (χ1v) is 6.84. The van der Waals surface area contributed by atoms with Crippen LogP contribution in [0, 0.1) is 13.8 Å². The topological polar surface area (TPSA) is 29.9 Å². The van der Waals surface area contributed by atoms with E-state index in [4.69, 9.17) is 0 Å². The molecule has 3 nitrogen and oxygen atoms in total. The predicted molar refractivity (Wildman–Crippen MR) is 79.2 cm³/mol. The number of nitrogens with zero attached hydrogens (tertiary/aromatic N) is 2. The molecule has 2 rings (SSSR count). The minimum atomic E-state index is 0.369. The average Bonchev–Trinajstić information content (AvgIpc) is 2.67. The Morgan fingerprint density at radius 2 is 1.89 bits per heavy atom. The summed E-state index contributed by atoms with van der Waals surface area (Å²) < 4.78 is 1.97. The minimum Gasteiger partial charge on any atom is -0.313 e. The number of aryl methyl sites for hydroxylation is 3. The molecule has 102 valence electrons. The Labute approximate surface area is 115 Å². The molecule has 1 aromatic heterocycles. The minimum absolute atomic E-state index is 0.369. The van der Waals surface area contributed by atoms with Gasteiger partial charge in [-0.3, -0.25) is 4.68 Å². The van der Waals surface area contributed by atoms with Crippen molar-refractivity contribution in [2.24, 2.45) is 7.05 Å². The number of hydrogen-bond acceptors (Lipinski definition) is 2. The van der Waals surface area contributed by atoms with E-state index in [-0.39, 0.29) is 0 Å². The normalized spacial score (nSPS) is 12.6. The summed E-state index contributed by atoms with van der Waals surface area (Å²) in [6.45, 7) is 4.23. The molecule has 3 heteroatoms. The Morgan fingerprint density at radius 1 is 1.21 bits per heavy atom. The molecule has 2 aromatic rings. The summed E-state index contributed by atoms with van der Waals surface area (Å²) in [7, 11) is 4.04. The van der Waals surface area contributed by atoms with E-state index >= 15 is 0 Å². The highest BCUT2D eigenvalue weighted by Crippen LogP contribution is 2.24. The Bertz CT molecular complexity index is 528. The molecule has 0 radical (unpaired) electrons. The fourth-order valence-electron chi connectivity index (χ4n) is 2.68. The van der Waals surface area contributed by atoms with Crippen molar-refractivity contribution in [2.45, 2.75) is 32.7 Å². The van der Waals surface area contributed by atoms with Crippen LogP contribution in [0.4, 0.5) is 0 Å². The molecular formula is C16H23N3. The molecular weight excluding hydrogens is 234 g/mol. The van der Waals surface area contributed by atoms with Gasteiger partial charge in [-0.05, 0) is 39.3 Å². The zero-order valence-electron chi connectivity index (χ0n) is 12.3. The molecule has 1 heterocycles. The second-order valence-corrected chi connectivity index (χ2v) is 5.07. The van der Waals surface area contributed by atoms with Gasteiger partial charge < -0.3 is 5.32 Å². The molecule has 0 aliphatic carbocycles. The van der Waals surface area contributed by atoms with E-state index in [0.717, 1.165) is 18.5 Å². The SMILES string of the molecule is CNC(CCc1ccccc1)c1c(C)nn(C)c1C. The van der Waals surface area contributed by atoms with E-state index in [2.05, 4.69) is 54.6 Å². The van der Waals surface area contributed by atoms with Crippen LogP contribution in [-0.2, 0) is 13.5 Å². The molecule has 0 aliphatic rings. The molecule has 1 N–H and O–H groups in total. The largest absolute Gasteiger partial charge is 0.313 e. The molecule has 0 bridgehead atoms. The fourth-order valence-corrected chi connectivity index (χ4v) is 2.68. The second-order valence-electron chi connectivity index (χ2n) is 5.07. The van der Waals surface area contributed by atoms with Crippen LogP contribution in [0.1, 0.15) is 35.0 Å². The number of benzene rings is 1. The van der Waals surface area contributed by atoms with Crippen LogP contribution < -0.4 is 5.32 Å². The Balaban J connectivity index is 2.12. The van der Waals surface area contributed by atoms with Gasteiger partial charge in [-0.15, -0.1) is 0 Å². The maximum Gasteiger partial charge on any atom is 0.0644 e. The lowest BCUT2D eigenvalue weighted by atomic mass is 9.97. The highest BCUT2D eigenvalue weighted by molar-refractivity contribution is 5.28. The molecule has 1 unspecified atom stereocenters. The van der Waals surface area contributed by atoms with Gasteiger partial charge in [-0.25, -0.2) is 0 Å². The quantitative estimate of drug-likeness (QED) is 0.892. The molecule has 0 amide bonds. The van der Waals surface area contributed by atoms with Gasteiger partial charge in [0.25, 0.3) is 0 Å². The van der Waals surface area contributed by atoms with Gasteiger partial charge in [-0.1, -0.05) is 30.3 Å². The Morgan fingerprint density at radius 3 is 2.42 bits per heavy atom. The van der Waals surface area contributed by atoms with Crippen molar-refractivity contribution in [3.05, 3.63) is 52.8 Å². The number of rotatable bonds is 5. The molecule has 0 aliphatic heterocycles. The van der Waals surface area contributed by atoms with Crippen molar-refractivity contribution in [1.29, 1.82) is 0 Å². The average molecular weight is 257 g/mol. The van der Waals surface area contributed by atoms with Crippen molar-refractivity contribution in [3.8, 4) is 0 Å². The number of nitrogens with one attached hydrogen (secondary N) is 1. The summed E-state index contributed by atoms with van der Waals surface area (Å²) in [5.74, 6) is 0.